The lowest BCUT2D eigenvalue weighted by atomic mass is 10.0. The number of hydrogen-bond acceptors (Lipinski definition) is 4. The van der Waals surface area contributed by atoms with Crippen LogP contribution in [0.4, 0.5) is 11.4 Å². The molecule has 0 radical (unpaired) electrons. The topological polar surface area (TPSA) is 60.4 Å². The molecule has 3 aromatic rings. The van der Waals surface area contributed by atoms with Gasteiger partial charge in [0.1, 0.15) is 0 Å². The minimum atomic E-state index is -0.360. The van der Waals surface area contributed by atoms with Crippen molar-refractivity contribution in [1.29, 1.82) is 0 Å². The predicted octanol–water partition coefficient (Wildman–Crippen LogP) is 5.82. The predicted molar refractivity (Wildman–Crippen MR) is 113 cm³/mol. The molecule has 0 N–H and O–H groups in total. The second-order valence-electron chi connectivity index (χ2n) is 7.05. The molecule has 0 aliphatic heterocycles. The number of rotatable bonds is 6. The Labute approximate surface area is 168 Å². The van der Waals surface area contributed by atoms with Crippen LogP contribution < -0.4 is 4.80 Å². The molecule has 0 spiro atoms. The summed E-state index contributed by atoms with van der Waals surface area (Å²) < 4.78 is 2.32. The molecule has 4 rings (SSSR count). The molecule has 6 heteroatoms. The van der Waals surface area contributed by atoms with Gasteiger partial charge in [0.2, 0.25) is 0 Å². The van der Waals surface area contributed by atoms with E-state index in [1.807, 2.05) is 12.1 Å². The molecular weight excluding hydrogens is 370 g/mol. The maximum atomic E-state index is 10.9. The molecule has 28 heavy (non-hydrogen) atoms. The highest BCUT2D eigenvalue weighted by molar-refractivity contribution is 7.07. The molecule has 0 saturated heterocycles. The number of non-ortho nitro benzene ring substituents is 1. The van der Waals surface area contributed by atoms with E-state index in [-0.39, 0.29) is 10.6 Å². The van der Waals surface area contributed by atoms with Gasteiger partial charge < -0.3 is 4.57 Å². The molecule has 0 unspecified atom stereocenters. The van der Waals surface area contributed by atoms with E-state index in [1.165, 1.54) is 11.1 Å². The summed E-state index contributed by atoms with van der Waals surface area (Å²) in [4.78, 5) is 16.7. The van der Waals surface area contributed by atoms with E-state index in [4.69, 9.17) is 4.99 Å². The van der Waals surface area contributed by atoms with E-state index in [0.29, 0.717) is 6.04 Å². The first-order valence-electron chi connectivity index (χ1n) is 9.72. The second kappa shape index (κ2) is 7.72. The standard InChI is InChI=1S/C22H23N3O2S/c1-3-15-6-5-7-16(4-2)21(15)23-22-24(18-12-13-18)20(14-28-22)17-8-10-19(11-9-17)25(26)27/h5-11,14,18H,3-4,12-13H2,1-2H3. The van der Waals surface area contributed by atoms with Gasteiger partial charge >= 0.3 is 0 Å². The molecule has 1 saturated carbocycles. The minimum absolute atomic E-state index is 0.117. The van der Waals surface area contributed by atoms with Crippen LogP contribution in [0.3, 0.4) is 0 Å². The van der Waals surface area contributed by atoms with Gasteiger partial charge in [0.25, 0.3) is 5.69 Å². The molecule has 1 heterocycles. The highest BCUT2D eigenvalue weighted by Crippen LogP contribution is 2.38. The van der Waals surface area contributed by atoms with Crippen molar-refractivity contribution in [2.24, 2.45) is 4.99 Å². The Morgan fingerprint density at radius 3 is 2.29 bits per heavy atom. The Bertz CT molecular complexity index is 1050. The van der Waals surface area contributed by atoms with E-state index >= 15 is 0 Å². The van der Waals surface area contributed by atoms with Crippen LogP contribution in [0.25, 0.3) is 11.3 Å². The third-order valence-electron chi connectivity index (χ3n) is 5.20. The molecular formula is C22H23N3O2S. The number of hydrogen-bond donors (Lipinski definition) is 0. The molecule has 0 atom stereocenters. The van der Waals surface area contributed by atoms with Crippen LogP contribution in [0.15, 0.2) is 52.8 Å². The Balaban J connectivity index is 1.85. The van der Waals surface area contributed by atoms with Gasteiger partial charge in [-0.1, -0.05) is 32.0 Å². The Morgan fingerprint density at radius 1 is 1.11 bits per heavy atom. The second-order valence-corrected chi connectivity index (χ2v) is 7.89. The SMILES string of the molecule is CCc1cccc(CC)c1N=c1scc(-c2ccc([N+](=O)[O-])cc2)n1C1CC1. The van der Waals surface area contributed by atoms with Crippen molar-refractivity contribution in [1.82, 2.24) is 4.57 Å². The van der Waals surface area contributed by atoms with Crippen LogP contribution in [0.1, 0.15) is 43.9 Å². The van der Waals surface area contributed by atoms with Crippen LogP contribution in [0, 0.1) is 10.1 Å². The quantitative estimate of drug-likeness (QED) is 0.391. The minimum Gasteiger partial charge on any atom is -0.313 e. The van der Waals surface area contributed by atoms with Gasteiger partial charge in [0, 0.05) is 23.6 Å². The Hall–Kier alpha value is -2.73. The Morgan fingerprint density at radius 2 is 1.75 bits per heavy atom. The third-order valence-corrected chi connectivity index (χ3v) is 6.04. The average Bonchev–Trinajstić information content (AvgIpc) is 3.48. The lowest BCUT2D eigenvalue weighted by molar-refractivity contribution is -0.384. The number of aromatic nitrogens is 1. The molecule has 1 aromatic heterocycles. The van der Waals surface area contributed by atoms with Crippen molar-refractivity contribution in [3.05, 3.63) is 73.9 Å². The summed E-state index contributed by atoms with van der Waals surface area (Å²) in [5, 5.41) is 13.1. The van der Waals surface area contributed by atoms with Gasteiger partial charge in [0.15, 0.2) is 4.80 Å². The van der Waals surface area contributed by atoms with Crippen LogP contribution in [-0.2, 0) is 12.8 Å². The smallest absolute Gasteiger partial charge is 0.269 e. The molecule has 5 nitrogen and oxygen atoms in total. The normalized spacial score (nSPS) is 14.4. The van der Waals surface area contributed by atoms with E-state index in [1.54, 1.807) is 23.5 Å². The van der Waals surface area contributed by atoms with Crippen molar-refractivity contribution in [2.75, 3.05) is 0 Å². The summed E-state index contributed by atoms with van der Waals surface area (Å²) in [6, 6.07) is 13.7. The van der Waals surface area contributed by atoms with Gasteiger partial charge in [-0.05, 0) is 54.5 Å². The van der Waals surface area contributed by atoms with Crippen LogP contribution >= 0.6 is 11.3 Å². The largest absolute Gasteiger partial charge is 0.313 e. The van der Waals surface area contributed by atoms with Gasteiger partial charge in [-0.15, -0.1) is 11.3 Å². The van der Waals surface area contributed by atoms with Crippen LogP contribution in [0.5, 0.6) is 0 Å². The van der Waals surface area contributed by atoms with Gasteiger partial charge in [-0.3, -0.25) is 10.1 Å². The molecule has 1 aliphatic rings. The zero-order valence-corrected chi connectivity index (χ0v) is 16.9. The summed E-state index contributed by atoms with van der Waals surface area (Å²) >= 11 is 1.65. The third kappa shape index (κ3) is 3.52. The fourth-order valence-electron chi connectivity index (χ4n) is 3.51. The first-order chi connectivity index (χ1) is 13.6. The van der Waals surface area contributed by atoms with Crippen molar-refractivity contribution in [3.63, 3.8) is 0 Å². The first kappa shape index (κ1) is 18.6. The number of nitrogens with zero attached hydrogens (tertiary/aromatic N) is 3. The molecule has 0 bridgehead atoms. The van der Waals surface area contributed by atoms with Crippen molar-refractivity contribution < 1.29 is 4.92 Å². The molecule has 2 aromatic carbocycles. The van der Waals surface area contributed by atoms with Gasteiger partial charge in [-0.2, -0.15) is 0 Å². The van der Waals surface area contributed by atoms with Crippen molar-refractivity contribution in [2.45, 2.75) is 45.6 Å². The maximum Gasteiger partial charge on any atom is 0.269 e. The van der Waals surface area contributed by atoms with Crippen LogP contribution in [0.2, 0.25) is 0 Å². The van der Waals surface area contributed by atoms with E-state index in [9.17, 15) is 10.1 Å². The molecule has 1 aliphatic carbocycles. The summed E-state index contributed by atoms with van der Waals surface area (Å²) in [5.74, 6) is 0. The van der Waals surface area contributed by atoms with Crippen molar-refractivity contribution >= 4 is 22.7 Å². The van der Waals surface area contributed by atoms with Gasteiger partial charge in [0.05, 0.1) is 16.3 Å². The summed E-state index contributed by atoms with van der Waals surface area (Å²) in [5.41, 5.74) is 5.84. The average molecular weight is 394 g/mol. The lowest BCUT2D eigenvalue weighted by Gasteiger charge is -2.10. The van der Waals surface area contributed by atoms with Gasteiger partial charge in [-0.25, -0.2) is 4.99 Å². The number of nitro groups is 1. The molecule has 144 valence electrons. The van der Waals surface area contributed by atoms with Crippen molar-refractivity contribution in [3.8, 4) is 11.3 Å². The fraction of sp³-hybridized carbons (Fsp3) is 0.318. The number of para-hydroxylation sites is 1. The van der Waals surface area contributed by atoms with E-state index < -0.39 is 0 Å². The first-order valence-corrected chi connectivity index (χ1v) is 10.6. The van der Waals surface area contributed by atoms with E-state index in [2.05, 4.69) is 42.0 Å². The fourth-order valence-corrected chi connectivity index (χ4v) is 4.48. The summed E-state index contributed by atoms with van der Waals surface area (Å²) in [6.45, 7) is 4.33. The number of benzene rings is 2. The molecule has 1 fully saturated rings. The number of thiazole rings is 1. The number of nitro benzene ring substituents is 1. The zero-order valence-electron chi connectivity index (χ0n) is 16.1. The zero-order chi connectivity index (χ0) is 19.7. The number of aryl methyl sites for hydroxylation is 2. The van der Waals surface area contributed by atoms with E-state index in [0.717, 1.165) is 47.4 Å². The van der Waals surface area contributed by atoms with Crippen LogP contribution in [-0.4, -0.2) is 9.49 Å². The summed E-state index contributed by atoms with van der Waals surface area (Å²) in [7, 11) is 0. The maximum absolute atomic E-state index is 10.9. The summed E-state index contributed by atoms with van der Waals surface area (Å²) in [6.07, 6.45) is 4.22. The monoisotopic (exact) mass is 393 g/mol. The highest BCUT2D eigenvalue weighted by Gasteiger charge is 2.27. The Kier molecular flexibility index (Phi) is 5.13. The lowest BCUT2D eigenvalue weighted by Crippen LogP contribution is -2.14. The highest BCUT2D eigenvalue weighted by atomic mass is 32.1. The molecule has 0 amide bonds.